The van der Waals surface area contributed by atoms with Crippen LogP contribution in [0.5, 0.6) is 0 Å². The van der Waals surface area contributed by atoms with Crippen molar-refractivity contribution < 1.29 is 0 Å². The van der Waals surface area contributed by atoms with E-state index in [-0.39, 0.29) is 0 Å². The van der Waals surface area contributed by atoms with Crippen molar-refractivity contribution in [3.05, 3.63) is 28.8 Å². The van der Waals surface area contributed by atoms with Crippen molar-refractivity contribution in [2.45, 2.75) is 10.6 Å². The average Bonchev–Trinajstić information content (AvgIpc) is 1.98. The van der Waals surface area contributed by atoms with Gasteiger partial charge in [0.2, 0.25) is 0 Å². The number of hydrogen-bond donors (Lipinski definition) is 1. The Kier molecular flexibility index (Phi) is 3.63. The zero-order chi connectivity index (χ0) is 8.27. The Bertz CT molecular complexity index is 248. The molecule has 0 aliphatic heterocycles. The molecule has 60 valence electrons. The van der Waals surface area contributed by atoms with Gasteiger partial charge < -0.3 is 0 Å². The minimum atomic E-state index is 0.784. The Labute approximate surface area is 81.7 Å². The molecule has 0 bridgehead atoms. The quantitative estimate of drug-likeness (QED) is 0.720. The minimum absolute atomic E-state index is 0.784. The van der Waals surface area contributed by atoms with Gasteiger partial charge in [-0.1, -0.05) is 11.6 Å². The molecular weight excluding hydrogens is 196 g/mol. The zero-order valence-corrected chi connectivity index (χ0v) is 8.64. The molecule has 1 aromatic carbocycles. The van der Waals surface area contributed by atoms with Gasteiger partial charge in [0.15, 0.2) is 0 Å². The van der Waals surface area contributed by atoms with Gasteiger partial charge >= 0.3 is 0 Å². The molecule has 11 heavy (non-hydrogen) atoms. The van der Waals surface area contributed by atoms with E-state index < -0.39 is 0 Å². The Morgan fingerprint density at radius 2 is 2.27 bits per heavy atom. The lowest BCUT2D eigenvalue weighted by Gasteiger charge is -2.02. The summed E-state index contributed by atoms with van der Waals surface area (Å²) in [5.41, 5.74) is 1.20. The molecule has 0 radical (unpaired) electrons. The number of thiol groups is 1. The monoisotopic (exact) mass is 204 g/mol. The maximum absolute atomic E-state index is 5.81. The molecular formula is C8H9ClS2. The first-order valence-corrected chi connectivity index (χ1v) is 5.42. The first-order chi connectivity index (χ1) is 5.24. The molecule has 1 rings (SSSR count). The highest BCUT2D eigenvalue weighted by Gasteiger charge is 1.97. The van der Waals surface area contributed by atoms with Crippen LogP contribution in [0.1, 0.15) is 5.56 Å². The van der Waals surface area contributed by atoms with Crippen LogP contribution in [-0.4, -0.2) is 6.26 Å². The van der Waals surface area contributed by atoms with Crippen LogP contribution in [0.2, 0.25) is 5.02 Å². The minimum Gasteiger partial charge on any atom is -0.161 e. The predicted octanol–water partition coefficient (Wildman–Crippen LogP) is 3.49. The summed E-state index contributed by atoms with van der Waals surface area (Å²) in [5, 5.41) is 0.784. The van der Waals surface area contributed by atoms with E-state index in [4.69, 9.17) is 11.6 Å². The molecule has 0 saturated carbocycles. The third-order valence-electron chi connectivity index (χ3n) is 1.34. The zero-order valence-electron chi connectivity index (χ0n) is 6.17. The van der Waals surface area contributed by atoms with Crippen LogP contribution in [0.4, 0.5) is 0 Å². The summed E-state index contributed by atoms with van der Waals surface area (Å²) < 4.78 is 0. The highest BCUT2D eigenvalue weighted by atomic mass is 35.5. The highest BCUT2D eigenvalue weighted by molar-refractivity contribution is 7.97. The first kappa shape index (κ1) is 9.30. The summed E-state index contributed by atoms with van der Waals surface area (Å²) in [6.45, 7) is 0. The molecule has 0 saturated heterocycles. The average molecular weight is 205 g/mol. The molecule has 0 atom stereocenters. The van der Waals surface area contributed by atoms with E-state index in [0.717, 1.165) is 15.7 Å². The van der Waals surface area contributed by atoms with Crippen molar-refractivity contribution in [3.63, 3.8) is 0 Å². The second-order valence-corrected chi connectivity index (χ2v) is 3.99. The number of thioether (sulfide) groups is 1. The van der Waals surface area contributed by atoms with Gasteiger partial charge in [0, 0.05) is 15.7 Å². The van der Waals surface area contributed by atoms with E-state index in [1.54, 1.807) is 11.8 Å². The number of benzene rings is 1. The second kappa shape index (κ2) is 4.29. The predicted molar refractivity (Wildman–Crippen MR) is 55.9 cm³/mol. The van der Waals surface area contributed by atoms with Crippen molar-refractivity contribution in [2.24, 2.45) is 0 Å². The molecule has 3 heteroatoms. The summed E-state index contributed by atoms with van der Waals surface area (Å²) in [6, 6.07) is 5.74. The van der Waals surface area contributed by atoms with Crippen molar-refractivity contribution >= 4 is 36.0 Å². The Balaban J connectivity index is 2.93. The summed E-state index contributed by atoms with van der Waals surface area (Å²) in [7, 11) is 0. The van der Waals surface area contributed by atoms with Crippen LogP contribution in [0, 0.1) is 0 Å². The molecule has 0 fully saturated rings. The Hall–Kier alpha value is 0.210. The van der Waals surface area contributed by atoms with Crippen LogP contribution in [0.25, 0.3) is 0 Å². The third-order valence-corrected chi connectivity index (χ3v) is 2.61. The van der Waals surface area contributed by atoms with E-state index in [9.17, 15) is 0 Å². The van der Waals surface area contributed by atoms with Gasteiger partial charge in [-0.05, 0) is 30.0 Å². The summed E-state index contributed by atoms with van der Waals surface area (Å²) in [4.78, 5) is 1.02. The maximum Gasteiger partial charge on any atom is 0.0409 e. The standard InChI is InChI=1S/C8H9ClS2/c1-11-5-6-4-7(9)2-3-8(6)10/h2-4,10H,5H2,1H3. The van der Waals surface area contributed by atoms with Crippen LogP contribution in [0.15, 0.2) is 23.1 Å². The molecule has 0 aliphatic rings. The fraction of sp³-hybridized carbons (Fsp3) is 0.250. The van der Waals surface area contributed by atoms with Gasteiger partial charge in [0.1, 0.15) is 0 Å². The molecule has 0 spiro atoms. The van der Waals surface area contributed by atoms with E-state index in [1.807, 2.05) is 18.2 Å². The third kappa shape index (κ3) is 2.62. The Morgan fingerprint density at radius 1 is 1.55 bits per heavy atom. The van der Waals surface area contributed by atoms with E-state index in [1.165, 1.54) is 5.56 Å². The molecule has 0 heterocycles. The highest BCUT2D eigenvalue weighted by Crippen LogP contribution is 2.22. The normalized spacial score (nSPS) is 10.1. The Morgan fingerprint density at radius 3 is 2.91 bits per heavy atom. The SMILES string of the molecule is CSCc1cc(Cl)ccc1S. The van der Waals surface area contributed by atoms with Gasteiger partial charge in [0.05, 0.1) is 0 Å². The van der Waals surface area contributed by atoms with E-state index >= 15 is 0 Å². The summed E-state index contributed by atoms with van der Waals surface area (Å²) in [6.07, 6.45) is 2.06. The largest absolute Gasteiger partial charge is 0.161 e. The van der Waals surface area contributed by atoms with Crippen LogP contribution >= 0.6 is 36.0 Å². The van der Waals surface area contributed by atoms with Crippen molar-refractivity contribution in [2.75, 3.05) is 6.26 Å². The van der Waals surface area contributed by atoms with E-state index in [2.05, 4.69) is 18.9 Å². The second-order valence-electron chi connectivity index (χ2n) is 2.21. The van der Waals surface area contributed by atoms with Gasteiger partial charge in [0.25, 0.3) is 0 Å². The molecule has 0 nitrogen and oxygen atoms in total. The van der Waals surface area contributed by atoms with Crippen molar-refractivity contribution in [3.8, 4) is 0 Å². The van der Waals surface area contributed by atoms with Crippen LogP contribution in [-0.2, 0) is 5.75 Å². The number of halogens is 1. The fourth-order valence-corrected chi connectivity index (χ4v) is 1.89. The lowest BCUT2D eigenvalue weighted by molar-refractivity contribution is 1.28. The molecule has 1 aromatic rings. The van der Waals surface area contributed by atoms with Gasteiger partial charge in [-0.25, -0.2) is 0 Å². The van der Waals surface area contributed by atoms with Gasteiger partial charge in [-0.3, -0.25) is 0 Å². The lowest BCUT2D eigenvalue weighted by Crippen LogP contribution is -1.81. The van der Waals surface area contributed by atoms with Crippen molar-refractivity contribution in [1.82, 2.24) is 0 Å². The fourth-order valence-electron chi connectivity index (χ4n) is 0.825. The first-order valence-electron chi connectivity index (χ1n) is 3.20. The summed E-state index contributed by atoms with van der Waals surface area (Å²) in [5.74, 6) is 0.972. The number of hydrogen-bond acceptors (Lipinski definition) is 2. The van der Waals surface area contributed by atoms with E-state index in [0.29, 0.717) is 0 Å². The lowest BCUT2D eigenvalue weighted by atomic mass is 10.2. The smallest absolute Gasteiger partial charge is 0.0409 e. The maximum atomic E-state index is 5.81. The van der Waals surface area contributed by atoms with Crippen molar-refractivity contribution in [1.29, 1.82) is 0 Å². The molecule has 0 amide bonds. The van der Waals surface area contributed by atoms with Crippen LogP contribution < -0.4 is 0 Å². The topological polar surface area (TPSA) is 0 Å². The van der Waals surface area contributed by atoms with Gasteiger partial charge in [-0.15, -0.1) is 12.6 Å². The molecule has 0 aliphatic carbocycles. The summed E-state index contributed by atoms with van der Waals surface area (Å²) >= 11 is 11.9. The molecule has 0 N–H and O–H groups in total. The molecule has 0 aromatic heterocycles. The van der Waals surface area contributed by atoms with Crippen LogP contribution in [0.3, 0.4) is 0 Å². The van der Waals surface area contributed by atoms with Gasteiger partial charge in [-0.2, -0.15) is 11.8 Å². The molecule has 0 unspecified atom stereocenters. The number of rotatable bonds is 2.